The Kier molecular flexibility index (Phi) is 7.20. The number of nitriles is 1. The smallest absolute Gasteiger partial charge is 0.297 e. The summed E-state index contributed by atoms with van der Waals surface area (Å²) in [6.45, 7) is 1.89. The maximum Gasteiger partial charge on any atom is 0.297 e. The van der Waals surface area contributed by atoms with Crippen molar-refractivity contribution in [1.29, 1.82) is 5.26 Å². The number of hydrogen-bond donors (Lipinski definition) is 0. The highest BCUT2D eigenvalue weighted by Crippen LogP contribution is 2.36. The zero-order valence-electron chi connectivity index (χ0n) is 21.6. The van der Waals surface area contributed by atoms with E-state index in [9.17, 15) is 22.1 Å². The van der Waals surface area contributed by atoms with E-state index in [-0.39, 0.29) is 21.5 Å². The Morgan fingerprint density at radius 3 is 2.26 bits per heavy atom. The summed E-state index contributed by atoms with van der Waals surface area (Å²) in [6.07, 6.45) is 4.75. The van der Waals surface area contributed by atoms with Gasteiger partial charge in [-0.3, -0.25) is 4.18 Å². The van der Waals surface area contributed by atoms with Crippen LogP contribution in [0.3, 0.4) is 0 Å². The van der Waals surface area contributed by atoms with Crippen molar-refractivity contribution in [3.63, 3.8) is 0 Å². The topological polar surface area (TPSA) is 122 Å². The van der Waals surface area contributed by atoms with Gasteiger partial charge in [-0.25, -0.2) is 17.4 Å². The van der Waals surface area contributed by atoms with Gasteiger partial charge < -0.3 is 4.90 Å². The molecule has 4 aromatic rings. The van der Waals surface area contributed by atoms with Crippen LogP contribution in [-0.2, 0) is 24.3 Å². The summed E-state index contributed by atoms with van der Waals surface area (Å²) < 4.78 is 58.8. The zero-order valence-corrected chi connectivity index (χ0v) is 23.2. The van der Waals surface area contributed by atoms with Crippen molar-refractivity contribution in [3.8, 4) is 6.07 Å². The molecule has 0 bridgehead atoms. The molecule has 1 aliphatic rings. The van der Waals surface area contributed by atoms with Gasteiger partial charge >= 0.3 is 0 Å². The minimum absolute atomic E-state index is 0.00119. The number of fused-ring (bicyclic) bond motifs is 1. The average molecular weight is 565 g/mol. The minimum atomic E-state index is -3.88. The van der Waals surface area contributed by atoms with Crippen molar-refractivity contribution < 1.29 is 21.0 Å². The number of aromatic nitrogens is 2. The van der Waals surface area contributed by atoms with Crippen LogP contribution >= 0.6 is 0 Å². The first-order valence-corrected chi connectivity index (χ1v) is 15.4. The molecule has 0 amide bonds. The molecule has 0 atom stereocenters. The third-order valence-electron chi connectivity index (χ3n) is 7.19. The Balaban J connectivity index is 1.38. The number of pyridine rings is 1. The van der Waals surface area contributed by atoms with Crippen LogP contribution in [0.2, 0.25) is 0 Å². The summed E-state index contributed by atoms with van der Waals surface area (Å²) in [5, 5.41) is 10.4. The van der Waals surface area contributed by atoms with E-state index in [0.717, 1.165) is 9.54 Å². The highest BCUT2D eigenvalue weighted by molar-refractivity contribution is 7.90. The summed E-state index contributed by atoms with van der Waals surface area (Å²) in [4.78, 5) is 6.59. The van der Waals surface area contributed by atoms with Crippen molar-refractivity contribution in [2.75, 3.05) is 11.9 Å². The second-order valence-corrected chi connectivity index (χ2v) is 13.1. The van der Waals surface area contributed by atoms with Gasteiger partial charge in [-0.05, 0) is 62.9 Å². The molecule has 2 heterocycles. The Morgan fingerprint density at radius 2 is 1.62 bits per heavy atom. The summed E-state index contributed by atoms with van der Waals surface area (Å²) in [5.41, 5.74) is 2.13. The summed E-state index contributed by atoms with van der Waals surface area (Å²) in [5.74, 6) is 0. The molecular weight excluding hydrogens is 536 g/mol. The average Bonchev–Trinajstić information content (AvgIpc) is 3.38. The van der Waals surface area contributed by atoms with Crippen LogP contribution < -0.4 is 4.90 Å². The number of rotatable bonds is 7. The molecule has 0 N–H and O–H groups in total. The molecule has 2 aromatic heterocycles. The van der Waals surface area contributed by atoms with Crippen LogP contribution in [0.4, 0.5) is 5.69 Å². The fraction of sp³-hybridized carbons (Fsp3) is 0.286. The van der Waals surface area contributed by atoms with Crippen LogP contribution in [0.15, 0.2) is 82.8 Å². The van der Waals surface area contributed by atoms with E-state index in [1.165, 1.54) is 24.5 Å². The van der Waals surface area contributed by atoms with Gasteiger partial charge in [-0.15, -0.1) is 0 Å². The van der Waals surface area contributed by atoms with Crippen molar-refractivity contribution in [2.45, 2.75) is 54.5 Å². The molecule has 5 rings (SSSR count). The molecule has 9 nitrogen and oxygen atoms in total. The number of aryl methyl sites for hydroxylation is 1. The number of benzene rings is 2. The maximum atomic E-state index is 13.3. The molecule has 1 fully saturated rings. The van der Waals surface area contributed by atoms with Crippen LogP contribution in [0.5, 0.6) is 0 Å². The fourth-order valence-electron chi connectivity index (χ4n) is 5.06. The van der Waals surface area contributed by atoms with E-state index in [0.29, 0.717) is 42.3 Å². The lowest BCUT2D eigenvalue weighted by Gasteiger charge is -2.36. The van der Waals surface area contributed by atoms with E-state index in [2.05, 4.69) is 11.1 Å². The predicted octanol–water partition coefficient (Wildman–Crippen LogP) is 4.61. The SMILES string of the molecule is Cc1ccc(S(=O)(=O)OC2CCC(N(C)c3c(C#N)cnc4c3ccn4S(=O)(=O)c3ccccc3)CC2)cc1. The Bertz CT molecular complexity index is 1750. The predicted molar refractivity (Wildman–Crippen MR) is 147 cm³/mol. The van der Waals surface area contributed by atoms with Crippen molar-refractivity contribution >= 4 is 36.9 Å². The van der Waals surface area contributed by atoms with E-state index in [1.54, 1.807) is 48.5 Å². The van der Waals surface area contributed by atoms with Crippen LogP contribution in [-0.4, -0.2) is 45.0 Å². The monoisotopic (exact) mass is 564 g/mol. The van der Waals surface area contributed by atoms with E-state index >= 15 is 0 Å². The molecule has 0 aliphatic heterocycles. The van der Waals surface area contributed by atoms with E-state index < -0.39 is 26.2 Å². The highest BCUT2D eigenvalue weighted by Gasteiger charge is 2.31. The standard InChI is InChI=1S/C28H28N4O5S2/c1-20-8-14-25(15-9-20)39(35,36)37-23-12-10-22(11-13-23)31(2)27-21(18-29)19-30-28-26(27)16-17-32(28)38(33,34)24-6-4-3-5-7-24/h3-9,14-17,19,22-23H,10-13H2,1-2H3. The van der Waals surface area contributed by atoms with Gasteiger partial charge in [0.05, 0.1) is 27.1 Å². The molecule has 11 heteroatoms. The largest absolute Gasteiger partial charge is 0.370 e. The van der Waals surface area contributed by atoms with Crippen LogP contribution in [0.1, 0.15) is 36.8 Å². The Labute approximate surface area is 228 Å². The molecule has 0 spiro atoms. The first kappa shape index (κ1) is 26.9. The summed E-state index contributed by atoms with van der Waals surface area (Å²) in [6, 6.07) is 18.5. The van der Waals surface area contributed by atoms with Crippen LogP contribution in [0.25, 0.3) is 11.0 Å². The molecule has 39 heavy (non-hydrogen) atoms. The molecule has 0 saturated heterocycles. The molecule has 1 saturated carbocycles. The number of nitrogens with zero attached hydrogens (tertiary/aromatic N) is 4. The molecule has 202 valence electrons. The maximum absolute atomic E-state index is 13.3. The highest BCUT2D eigenvalue weighted by atomic mass is 32.2. The van der Waals surface area contributed by atoms with Gasteiger partial charge in [-0.1, -0.05) is 35.9 Å². The van der Waals surface area contributed by atoms with Crippen LogP contribution in [0, 0.1) is 18.3 Å². The van der Waals surface area contributed by atoms with Gasteiger partial charge in [-0.2, -0.15) is 13.7 Å². The first-order valence-electron chi connectivity index (χ1n) is 12.6. The molecule has 0 unspecified atom stereocenters. The lowest BCUT2D eigenvalue weighted by atomic mass is 9.91. The molecular formula is C28H28N4O5S2. The van der Waals surface area contributed by atoms with Gasteiger partial charge in [0.1, 0.15) is 6.07 Å². The zero-order chi connectivity index (χ0) is 27.8. The third-order valence-corrected chi connectivity index (χ3v) is 10.2. The van der Waals surface area contributed by atoms with Gasteiger partial charge in [0.2, 0.25) is 0 Å². The second kappa shape index (κ2) is 10.4. The summed E-state index contributed by atoms with van der Waals surface area (Å²) >= 11 is 0. The first-order chi connectivity index (χ1) is 18.6. The lowest BCUT2D eigenvalue weighted by Crippen LogP contribution is -2.38. The number of hydrogen-bond acceptors (Lipinski definition) is 8. The van der Waals surface area contributed by atoms with Gasteiger partial charge in [0.25, 0.3) is 20.1 Å². The quantitative estimate of drug-likeness (QED) is 0.298. The Morgan fingerprint density at radius 1 is 0.949 bits per heavy atom. The molecule has 2 aromatic carbocycles. The van der Waals surface area contributed by atoms with Crippen molar-refractivity contribution in [3.05, 3.63) is 84.2 Å². The van der Waals surface area contributed by atoms with E-state index in [4.69, 9.17) is 4.18 Å². The lowest BCUT2D eigenvalue weighted by molar-refractivity contribution is 0.153. The van der Waals surface area contributed by atoms with Gasteiger partial charge in [0, 0.05) is 30.9 Å². The second-order valence-electron chi connectivity index (χ2n) is 9.70. The van der Waals surface area contributed by atoms with Crippen molar-refractivity contribution in [1.82, 2.24) is 8.96 Å². The molecule has 1 aliphatic carbocycles. The summed E-state index contributed by atoms with van der Waals surface area (Å²) in [7, 11) is -5.88. The molecule has 0 radical (unpaired) electrons. The van der Waals surface area contributed by atoms with Gasteiger partial charge in [0.15, 0.2) is 5.65 Å². The normalized spacial score (nSPS) is 18.1. The minimum Gasteiger partial charge on any atom is -0.370 e. The fourth-order valence-corrected chi connectivity index (χ4v) is 7.52. The van der Waals surface area contributed by atoms with Crippen molar-refractivity contribution in [2.24, 2.45) is 0 Å². The number of anilines is 1. The third kappa shape index (κ3) is 5.15. The van der Waals surface area contributed by atoms with E-state index in [1.807, 2.05) is 18.9 Å². The Hall–Kier alpha value is -3.72.